The molecular weight excluding hydrogens is 406 g/mol. The third kappa shape index (κ3) is 6.92. The number of hydrogen-bond acceptors (Lipinski definition) is 4. The fourth-order valence-electron chi connectivity index (χ4n) is 3.35. The van der Waals surface area contributed by atoms with E-state index in [9.17, 15) is 4.79 Å². The Bertz CT molecular complexity index is 859. The van der Waals surface area contributed by atoms with Gasteiger partial charge in [0.15, 0.2) is 5.96 Å². The van der Waals surface area contributed by atoms with Crippen LogP contribution >= 0.6 is 11.8 Å². The average Bonchev–Trinajstić information content (AvgIpc) is 2.81. The van der Waals surface area contributed by atoms with Crippen LogP contribution in [0.1, 0.15) is 28.4 Å². The lowest BCUT2D eigenvalue weighted by atomic mass is 10.1. The van der Waals surface area contributed by atoms with Crippen LogP contribution in [0.5, 0.6) is 0 Å². The number of carbonyl (C=O) groups excluding carboxylic acids is 1. The minimum Gasteiger partial charge on any atom is -0.370 e. The second kappa shape index (κ2) is 11.6. The number of anilines is 1. The van der Waals surface area contributed by atoms with Gasteiger partial charge in [-0.15, -0.1) is 0 Å². The molecule has 31 heavy (non-hydrogen) atoms. The van der Waals surface area contributed by atoms with Crippen molar-refractivity contribution in [1.29, 1.82) is 0 Å². The predicted molar refractivity (Wildman–Crippen MR) is 132 cm³/mol. The summed E-state index contributed by atoms with van der Waals surface area (Å²) in [5.74, 6) is 3.21. The molecule has 0 unspecified atom stereocenters. The first kappa shape index (κ1) is 23.0. The second-order valence-corrected chi connectivity index (χ2v) is 8.94. The van der Waals surface area contributed by atoms with Crippen molar-refractivity contribution >= 4 is 29.3 Å². The van der Waals surface area contributed by atoms with Crippen LogP contribution in [0.2, 0.25) is 0 Å². The number of nitrogens with zero attached hydrogens (tertiary/aromatic N) is 3. The van der Waals surface area contributed by atoms with Crippen LogP contribution < -0.4 is 15.5 Å². The molecule has 1 heterocycles. The Labute approximate surface area is 190 Å². The predicted octanol–water partition coefficient (Wildman–Crippen LogP) is 3.20. The Balaban J connectivity index is 1.55. The van der Waals surface area contributed by atoms with Crippen LogP contribution in [0.25, 0.3) is 0 Å². The molecule has 0 saturated carbocycles. The highest BCUT2D eigenvalue weighted by molar-refractivity contribution is 7.99. The molecule has 0 bridgehead atoms. The van der Waals surface area contributed by atoms with E-state index in [1.165, 1.54) is 22.8 Å². The van der Waals surface area contributed by atoms with Gasteiger partial charge in [-0.1, -0.05) is 24.3 Å². The van der Waals surface area contributed by atoms with Crippen LogP contribution in [-0.4, -0.2) is 62.0 Å². The highest BCUT2D eigenvalue weighted by Crippen LogP contribution is 2.20. The van der Waals surface area contributed by atoms with Gasteiger partial charge in [0.2, 0.25) is 0 Å². The number of benzene rings is 2. The Morgan fingerprint density at radius 1 is 1.00 bits per heavy atom. The molecule has 0 aliphatic carbocycles. The summed E-state index contributed by atoms with van der Waals surface area (Å²) in [6.45, 7) is 6.39. The third-order valence-electron chi connectivity index (χ3n) is 5.14. The Morgan fingerprint density at radius 3 is 2.26 bits per heavy atom. The number of carbonyl (C=O) groups is 1. The largest absolute Gasteiger partial charge is 0.370 e. The lowest BCUT2D eigenvalue weighted by molar-refractivity contribution is 0.0827. The van der Waals surface area contributed by atoms with Crippen molar-refractivity contribution in [3.63, 3.8) is 0 Å². The van der Waals surface area contributed by atoms with Crippen LogP contribution in [0.4, 0.5) is 5.69 Å². The molecule has 1 amide bonds. The quantitative estimate of drug-likeness (QED) is 0.513. The molecule has 6 nitrogen and oxygen atoms in total. The summed E-state index contributed by atoms with van der Waals surface area (Å²) in [6, 6.07) is 16.4. The molecule has 1 fully saturated rings. The molecule has 1 aliphatic heterocycles. The van der Waals surface area contributed by atoms with E-state index in [-0.39, 0.29) is 5.91 Å². The van der Waals surface area contributed by atoms with Gasteiger partial charge in [0.1, 0.15) is 0 Å². The molecule has 7 heteroatoms. The number of aliphatic imine (C=N–C) groups is 1. The summed E-state index contributed by atoms with van der Waals surface area (Å²) < 4.78 is 0. The van der Waals surface area contributed by atoms with Crippen LogP contribution in [0.3, 0.4) is 0 Å². The summed E-state index contributed by atoms with van der Waals surface area (Å²) in [6.07, 6.45) is 0. The van der Waals surface area contributed by atoms with Gasteiger partial charge in [0.25, 0.3) is 5.91 Å². The van der Waals surface area contributed by atoms with Crippen LogP contribution in [0.15, 0.2) is 53.5 Å². The van der Waals surface area contributed by atoms with Gasteiger partial charge in [0.05, 0.1) is 6.54 Å². The highest BCUT2D eigenvalue weighted by atomic mass is 32.2. The van der Waals surface area contributed by atoms with Gasteiger partial charge in [-0.05, 0) is 42.3 Å². The van der Waals surface area contributed by atoms with E-state index >= 15 is 0 Å². The van der Waals surface area contributed by atoms with Crippen molar-refractivity contribution in [1.82, 2.24) is 15.5 Å². The molecule has 3 rings (SSSR count). The second-order valence-electron chi connectivity index (χ2n) is 7.71. The fraction of sp³-hybridized carbons (Fsp3) is 0.417. The summed E-state index contributed by atoms with van der Waals surface area (Å²) in [4.78, 5) is 20.8. The molecule has 2 aromatic rings. The van der Waals surface area contributed by atoms with Crippen molar-refractivity contribution in [3.05, 3.63) is 65.2 Å². The summed E-state index contributed by atoms with van der Waals surface area (Å²) in [7, 11) is 3.52. The SMILES string of the molecule is CCNC(=NCc1ccc(N2CCSCC2)cc1)NCc1ccc(C(=O)N(C)C)cc1. The van der Waals surface area contributed by atoms with Gasteiger partial charge in [-0.2, -0.15) is 11.8 Å². The zero-order valence-electron chi connectivity index (χ0n) is 18.7. The molecule has 1 aliphatic rings. The Morgan fingerprint density at radius 2 is 1.65 bits per heavy atom. The number of hydrogen-bond donors (Lipinski definition) is 2. The third-order valence-corrected chi connectivity index (χ3v) is 6.09. The normalized spacial score (nSPS) is 14.3. The molecule has 1 saturated heterocycles. The van der Waals surface area contributed by atoms with Crippen molar-refractivity contribution in [2.45, 2.75) is 20.0 Å². The van der Waals surface area contributed by atoms with Gasteiger partial charge in [0, 0.05) is 63.0 Å². The molecule has 0 spiro atoms. The van der Waals surface area contributed by atoms with E-state index in [1.807, 2.05) is 36.0 Å². The molecule has 2 aromatic carbocycles. The molecule has 0 atom stereocenters. The smallest absolute Gasteiger partial charge is 0.253 e. The van der Waals surface area contributed by atoms with Crippen LogP contribution in [0, 0.1) is 0 Å². The monoisotopic (exact) mass is 439 g/mol. The maximum Gasteiger partial charge on any atom is 0.253 e. The van der Waals surface area contributed by atoms with Crippen LogP contribution in [-0.2, 0) is 13.1 Å². The van der Waals surface area contributed by atoms with E-state index in [0.717, 1.165) is 31.2 Å². The topological polar surface area (TPSA) is 60.0 Å². The zero-order chi connectivity index (χ0) is 22.1. The minimum absolute atomic E-state index is 0.0135. The summed E-state index contributed by atoms with van der Waals surface area (Å²) in [5.41, 5.74) is 4.29. The van der Waals surface area contributed by atoms with Crippen molar-refractivity contribution in [2.24, 2.45) is 4.99 Å². The molecule has 166 valence electrons. The average molecular weight is 440 g/mol. The molecular formula is C24H33N5OS. The summed E-state index contributed by atoms with van der Waals surface area (Å²) in [5, 5.41) is 6.67. The summed E-state index contributed by atoms with van der Waals surface area (Å²) >= 11 is 2.03. The Kier molecular flexibility index (Phi) is 8.64. The van der Waals surface area contributed by atoms with Gasteiger partial charge < -0.3 is 20.4 Å². The van der Waals surface area contributed by atoms with Gasteiger partial charge in [-0.25, -0.2) is 4.99 Å². The Hall–Kier alpha value is -2.67. The van der Waals surface area contributed by atoms with E-state index in [1.54, 1.807) is 19.0 Å². The van der Waals surface area contributed by atoms with E-state index in [2.05, 4.69) is 46.7 Å². The minimum atomic E-state index is 0.0135. The number of nitrogens with one attached hydrogen (secondary N) is 2. The maximum atomic E-state index is 12.0. The first-order valence-corrected chi connectivity index (χ1v) is 12.0. The standard InChI is InChI=1S/C24H33N5OS/c1-4-25-24(26-17-19-5-9-21(10-6-19)23(30)28(2)3)27-18-20-7-11-22(12-8-20)29-13-15-31-16-14-29/h5-12H,4,13-18H2,1-3H3,(H2,25,26,27). The maximum absolute atomic E-state index is 12.0. The van der Waals surface area contributed by atoms with Crippen molar-refractivity contribution < 1.29 is 4.79 Å². The van der Waals surface area contributed by atoms with Gasteiger partial charge in [-0.3, -0.25) is 4.79 Å². The molecule has 0 aromatic heterocycles. The zero-order valence-corrected chi connectivity index (χ0v) is 19.5. The number of amides is 1. The molecule has 0 radical (unpaired) electrons. The molecule has 2 N–H and O–H groups in total. The highest BCUT2D eigenvalue weighted by Gasteiger charge is 2.11. The number of guanidine groups is 1. The fourth-order valence-corrected chi connectivity index (χ4v) is 4.26. The van der Waals surface area contributed by atoms with E-state index in [4.69, 9.17) is 4.99 Å². The lowest BCUT2D eigenvalue weighted by Crippen LogP contribution is -2.36. The first-order valence-electron chi connectivity index (χ1n) is 10.8. The van der Waals surface area contributed by atoms with Crippen molar-refractivity contribution in [3.8, 4) is 0 Å². The number of rotatable bonds is 7. The number of thioether (sulfide) groups is 1. The lowest BCUT2D eigenvalue weighted by Gasteiger charge is -2.28. The first-order chi connectivity index (χ1) is 15.1. The van der Waals surface area contributed by atoms with E-state index < -0.39 is 0 Å². The van der Waals surface area contributed by atoms with E-state index in [0.29, 0.717) is 18.7 Å². The van der Waals surface area contributed by atoms with Gasteiger partial charge >= 0.3 is 0 Å². The van der Waals surface area contributed by atoms with Crippen molar-refractivity contribution in [2.75, 3.05) is 50.1 Å².